The summed E-state index contributed by atoms with van der Waals surface area (Å²) in [5.41, 5.74) is 2.43. The van der Waals surface area contributed by atoms with Crippen LogP contribution in [0, 0.1) is 38.0 Å². The molecule has 0 amide bonds. The van der Waals surface area contributed by atoms with Gasteiger partial charge < -0.3 is 9.47 Å². The summed E-state index contributed by atoms with van der Waals surface area (Å²) in [6.07, 6.45) is 32.9. The molecule has 2 saturated carbocycles. The fourth-order valence-corrected chi connectivity index (χ4v) is 10.2. The van der Waals surface area contributed by atoms with E-state index in [4.69, 9.17) is 9.47 Å². The van der Waals surface area contributed by atoms with Crippen molar-refractivity contribution in [3.63, 3.8) is 0 Å². The van der Waals surface area contributed by atoms with Crippen LogP contribution in [0.4, 0.5) is 11.4 Å². The van der Waals surface area contributed by atoms with E-state index in [0.29, 0.717) is 23.0 Å². The fourth-order valence-electron chi connectivity index (χ4n) is 10.2. The maximum atomic E-state index is 11.1. The standard InChI is InChI=1S/C53H70N2O6/c1-2-3-4-5-6-7-8-9-10-11-12-13-14-15-42-16-18-43(19-17-42)20-21-44-38-40-53(41-39-44,45-22-30-49(31-23-45)60-51-34-26-47(27-35-51)54(56)57)46-24-32-50(33-25-46)61-52-36-28-48(29-37-52)55(58)59/h22-37,42-44H,2-21,38-41H2,1H3/t42-,43-. The molecule has 0 radical (unpaired) electrons. The molecule has 0 aromatic heterocycles. The van der Waals surface area contributed by atoms with E-state index in [1.165, 1.54) is 177 Å². The fraction of sp³-hybridized carbons (Fsp3) is 0.547. The highest BCUT2D eigenvalue weighted by molar-refractivity contribution is 5.46. The van der Waals surface area contributed by atoms with Crippen molar-refractivity contribution in [3.05, 3.63) is 128 Å². The Kier molecular flexibility index (Phi) is 18.1. The highest BCUT2D eigenvalue weighted by Crippen LogP contribution is 2.49. The molecule has 0 atom stereocenters. The molecule has 4 aromatic rings. The van der Waals surface area contributed by atoms with Crippen molar-refractivity contribution < 1.29 is 19.3 Å². The smallest absolute Gasteiger partial charge is 0.269 e. The molecule has 0 saturated heterocycles. The van der Waals surface area contributed by atoms with Crippen LogP contribution in [0.2, 0.25) is 0 Å². The van der Waals surface area contributed by atoms with Crippen LogP contribution in [0.15, 0.2) is 97.1 Å². The highest BCUT2D eigenvalue weighted by atomic mass is 16.6. The van der Waals surface area contributed by atoms with Crippen molar-refractivity contribution >= 4 is 11.4 Å². The summed E-state index contributed by atoms with van der Waals surface area (Å²) in [6, 6.07) is 29.1. The maximum absolute atomic E-state index is 11.1. The summed E-state index contributed by atoms with van der Waals surface area (Å²) >= 11 is 0. The van der Waals surface area contributed by atoms with Crippen molar-refractivity contribution in [3.8, 4) is 23.0 Å². The molecule has 328 valence electrons. The van der Waals surface area contributed by atoms with Crippen LogP contribution in [-0.4, -0.2) is 9.85 Å². The summed E-state index contributed by atoms with van der Waals surface area (Å²) in [4.78, 5) is 21.4. The maximum Gasteiger partial charge on any atom is 0.269 e. The summed E-state index contributed by atoms with van der Waals surface area (Å²) in [5.74, 6) is 5.07. The van der Waals surface area contributed by atoms with Crippen molar-refractivity contribution in [2.45, 2.75) is 166 Å². The number of non-ortho nitro benzene ring substituents is 2. The molecular weight excluding hydrogens is 761 g/mol. The Bertz CT molecular complexity index is 1770. The lowest BCUT2D eigenvalue weighted by atomic mass is 9.62. The van der Waals surface area contributed by atoms with Gasteiger partial charge in [-0.05, 0) is 103 Å². The van der Waals surface area contributed by atoms with Crippen LogP contribution in [0.3, 0.4) is 0 Å². The number of rotatable bonds is 25. The van der Waals surface area contributed by atoms with E-state index in [1.807, 2.05) is 24.3 Å². The SMILES string of the molecule is CCCCCCCCCCCCCCC[C@H]1CC[C@H](CCC2CCC(c3ccc(Oc4ccc([N+](=O)[O-])cc4)cc3)(c3ccc(Oc4ccc([N+](=O)[O-])cc4)cc3)CC2)CC1. The molecule has 0 unspecified atom stereocenters. The average molecular weight is 831 g/mol. The van der Waals surface area contributed by atoms with E-state index in [-0.39, 0.29) is 16.8 Å². The molecule has 2 aliphatic carbocycles. The molecule has 2 fully saturated rings. The van der Waals surface area contributed by atoms with Gasteiger partial charge in [-0.15, -0.1) is 0 Å². The van der Waals surface area contributed by atoms with Gasteiger partial charge in [0, 0.05) is 29.7 Å². The van der Waals surface area contributed by atoms with Crippen LogP contribution < -0.4 is 9.47 Å². The minimum Gasteiger partial charge on any atom is -0.457 e. The lowest BCUT2D eigenvalue weighted by Gasteiger charge is -2.42. The summed E-state index contributed by atoms with van der Waals surface area (Å²) in [7, 11) is 0. The molecule has 8 heteroatoms. The Morgan fingerprint density at radius 2 is 0.754 bits per heavy atom. The van der Waals surface area contributed by atoms with Gasteiger partial charge in [-0.25, -0.2) is 0 Å². The summed E-state index contributed by atoms with van der Waals surface area (Å²) in [6.45, 7) is 2.29. The van der Waals surface area contributed by atoms with Gasteiger partial charge in [0.1, 0.15) is 23.0 Å². The molecule has 0 N–H and O–H groups in total. The number of benzene rings is 4. The first kappa shape index (κ1) is 45.8. The van der Waals surface area contributed by atoms with Gasteiger partial charge in [-0.2, -0.15) is 0 Å². The topological polar surface area (TPSA) is 105 Å². The van der Waals surface area contributed by atoms with Crippen molar-refractivity contribution in [1.29, 1.82) is 0 Å². The van der Waals surface area contributed by atoms with Crippen LogP contribution in [-0.2, 0) is 5.41 Å². The molecule has 8 nitrogen and oxygen atoms in total. The van der Waals surface area contributed by atoms with Crippen LogP contribution in [0.25, 0.3) is 0 Å². The lowest BCUT2D eigenvalue weighted by molar-refractivity contribution is -0.385. The normalized spacial score (nSPS) is 17.8. The van der Waals surface area contributed by atoms with E-state index in [2.05, 4.69) is 31.2 Å². The van der Waals surface area contributed by atoms with Crippen LogP contribution in [0.5, 0.6) is 23.0 Å². The first-order valence-corrected chi connectivity index (χ1v) is 23.9. The number of nitrogens with zero attached hydrogens (tertiary/aromatic N) is 2. The van der Waals surface area contributed by atoms with Gasteiger partial charge in [0.15, 0.2) is 0 Å². The minimum atomic E-state index is -0.409. The molecule has 0 bridgehead atoms. The summed E-state index contributed by atoms with van der Waals surface area (Å²) in [5, 5.41) is 22.2. The number of hydrogen-bond donors (Lipinski definition) is 0. The largest absolute Gasteiger partial charge is 0.457 e. The highest BCUT2D eigenvalue weighted by Gasteiger charge is 2.38. The quantitative estimate of drug-likeness (QED) is 0.0374. The molecule has 0 heterocycles. The third-order valence-electron chi connectivity index (χ3n) is 14.0. The second-order valence-electron chi connectivity index (χ2n) is 18.3. The second kappa shape index (κ2) is 24.1. The number of hydrogen-bond acceptors (Lipinski definition) is 6. The Labute approximate surface area is 365 Å². The predicted octanol–water partition coefficient (Wildman–Crippen LogP) is 16.6. The zero-order valence-corrected chi connectivity index (χ0v) is 36.8. The van der Waals surface area contributed by atoms with Crippen LogP contribution >= 0.6 is 0 Å². The molecule has 2 aliphatic rings. The van der Waals surface area contributed by atoms with E-state index in [1.54, 1.807) is 24.3 Å². The first-order chi connectivity index (χ1) is 29.8. The first-order valence-electron chi connectivity index (χ1n) is 23.9. The Morgan fingerprint density at radius 3 is 1.11 bits per heavy atom. The average Bonchev–Trinajstić information content (AvgIpc) is 3.29. The molecular formula is C53H70N2O6. The number of nitro groups is 2. The molecule has 0 spiro atoms. The van der Waals surface area contributed by atoms with Gasteiger partial charge >= 0.3 is 0 Å². The zero-order chi connectivity index (χ0) is 42.7. The number of nitro benzene ring substituents is 2. The summed E-state index contributed by atoms with van der Waals surface area (Å²) < 4.78 is 12.2. The second-order valence-corrected chi connectivity index (χ2v) is 18.3. The third-order valence-corrected chi connectivity index (χ3v) is 14.0. The van der Waals surface area contributed by atoms with Gasteiger partial charge in [0.2, 0.25) is 0 Å². The van der Waals surface area contributed by atoms with Crippen molar-refractivity contribution in [1.82, 2.24) is 0 Å². The van der Waals surface area contributed by atoms with Crippen molar-refractivity contribution in [2.75, 3.05) is 0 Å². The zero-order valence-electron chi connectivity index (χ0n) is 36.8. The van der Waals surface area contributed by atoms with Gasteiger partial charge in [-0.1, -0.05) is 160 Å². The van der Waals surface area contributed by atoms with Crippen LogP contribution in [0.1, 0.15) is 172 Å². The lowest BCUT2D eigenvalue weighted by Crippen LogP contribution is -2.33. The van der Waals surface area contributed by atoms with E-state index >= 15 is 0 Å². The van der Waals surface area contributed by atoms with Gasteiger partial charge in [0.25, 0.3) is 11.4 Å². The number of unbranched alkanes of at least 4 members (excludes halogenated alkanes) is 12. The monoisotopic (exact) mass is 831 g/mol. The third kappa shape index (κ3) is 14.2. The van der Waals surface area contributed by atoms with E-state index in [9.17, 15) is 20.2 Å². The van der Waals surface area contributed by atoms with E-state index < -0.39 is 9.85 Å². The Balaban J connectivity index is 0.968. The Morgan fingerprint density at radius 1 is 0.443 bits per heavy atom. The molecule has 6 rings (SSSR count). The van der Waals surface area contributed by atoms with Gasteiger partial charge in [-0.3, -0.25) is 20.2 Å². The Hall–Kier alpha value is -4.72. The van der Waals surface area contributed by atoms with Crippen molar-refractivity contribution in [2.24, 2.45) is 17.8 Å². The predicted molar refractivity (Wildman–Crippen MR) is 247 cm³/mol. The molecule has 4 aromatic carbocycles. The van der Waals surface area contributed by atoms with E-state index in [0.717, 1.165) is 30.6 Å². The minimum absolute atomic E-state index is 0.0344. The number of ether oxygens (including phenoxy) is 2. The van der Waals surface area contributed by atoms with Gasteiger partial charge in [0.05, 0.1) is 9.85 Å². The molecule has 0 aliphatic heterocycles. The molecule has 61 heavy (non-hydrogen) atoms.